The molecule has 25 heavy (non-hydrogen) atoms. The average Bonchev–Trinajstić information content (AvgIpc) is 2.59. The summed E-state index contributed by atoms with van der Waals surface area (Å²) in [5.74, 6) is -1.33. The monoisotopic (exact) mass is 338 g/mol. The first-order chi connectivity index (χ1) is 12.0. The van der Waals surface area contributed by atoms with Gasteiger partial charge in [-0.1, -0.05) is 42.5 Å². The van der Waals surface area contributed by atoms with Crippen molar-refractivity contribution in [2.75, 3.05) is 7.11 Å². The van der Waals surface area contributed by atoms with Gasteiger partial charge in [0.1, 0.15) is 0 Å². The number of allylic oxidation sites excluding steroid dienone is 1. The van der Waals surface area contributed by atoms with Crippen molar-refractivity contribution in [1.82, 2.24) is 0 Å². The molecule has 128 valence electrons. The van der Waals surface area contributed by atoms with Crippen molar-refractivity contribution in [2.45, 2.75) is 25.8 Å². The Morgan fingerprint density at radius 1 is 1.16 bits per heavy atom. The third-order valence-electron chi connectivity index (χ3n) is 4.58. The summed E-state index contributed by atoms with van der Waals surface area (Å²) in [5, 5.41) is 13.6. The Bertz CT molecular complexity index is 925. The first-order valence-corrected chi connectivity index (χ1v) is 7.91. The van der Waals surface area contributed by atoms with Gasteiger partial charge < -0.3 is 4.74 Å². The summed E-state index contributed by atoms with van der Waals surface area (Å²) in [6, 6.07) is 12.2. The van der Waals surface area contributed by atoms with Crippen molar-refractivity contribution in [3.63, 3.8) is 0 Å². The van der Waals surface area contributed by atoms with Crippen LogP contribution in [-0.4, -0.2) is 29.8 Å². The number of rotatable bonds is 3. The number of hydrogen-bond donors (Lipinski definition) is 0. The second-order valence-corrected chi connectivity index (χ2v) is 6.02. The molecule has 0 aliphatic carbocycles. The number of fused-ring (bicyclic) bond motifs is 1. The van der Waals surface area contributed by atoms with Crippen LogP contribution >= 0.6 is 0 Å². The number of carbonyl (C=O) groups excluding carboxylic acids is 1. The first-order valence-electron chi connectivity index (χ1n) is 7.91. The minimum Gasteiger partial charge on any atom is -0.466 e. The van der Waals surface area contributed by atoms with Crippen molar-refractivity contribution in [3.8, 4) is 0 Å². The van der Waals surface area contributed by atoms with Gasteiger partial charge in [-0.15, -0.1) is 0 Å². The number of hydrogen-bond acceptors (Lipinski definition) is 5. The van der Waals surface area contributed by atoms with E-state index in [1.807, 2.05) is 42.5 Å². The van der Waals surface area contributed by atoms with Gasteiger partial charge in [-0.3, -0.25) is 15.1 Å². The number of nitrogens with zero attached hydrogens (tertiary/aromatic N) is 2. The molecule has 0 saturated heterocycles. The Morgan fingerprint density at radius 3 is 2.52 bits per heavy atom. The van der Waals surface area contributed by atoms with Gasteiger partial charge in [0.25, 0.3) is 6.04 Å². The van der Waals surface area contributed by atoms with E-state index >= 15 is 0 Å². The molecule has 1 aliphatic heterocycles. The van der Waals surface area contributed by atoms with E-state index in [2.05, 4.69) is 4.99 Å². The number of ether oxygens (including phenoxy) is 1. The van der Waals surface area contributed by atoms with Crippen molar-refractivity contribution in [3.05, 3.63) is 69.4 Å². The summed E-state index contributed by atoms with van der Waals surface area (Å²) < 4.78 is 4.90. The molecular weight excluding hydrogens is 320 g/mol. The SMILES string of the molecule is COC(=O)C1=C(C)N=C(C)C([N+](=O)[O-])C1c1cccc2ccccc12. The van der Waals surface area contributed by atoms with Gasteiger partial charge >= 0.3 is 5.97 Å². The van der Waals surface area contributed by atoms with Crippen molar-refractivity contribution >= 4 is 22.5 Å². The van der Waals surface area contributed by atoms with Gasteiger partial charge in [-0.05, 0) is 30.2 Å². The standard InChI is InChI=1S/C19H18N2O4/c1-11-16(19(22)25-3)17(18(21(23)24)12(2)20-11)15-10-6-8-13-7-4-5-9-14(13)15/h4-10,17-18H,1-3H3. The molecule has 0 amide bonds. The summed E-state index contributed by atoms with van der Waals surface area (Å²) in [4.78, 5) is 28.1. The highest BCUT2D eigenvalue weighted by Crippen LogP contribution is 2.39. The lowest BCUT2D eigenvalue weighted by molar-refractivity contribution is -0.505. The van der Waals surface area contributed by atoms with Crippen LogP contribution in [0.2, 0.25) is 0 Å². The Balaban J connectivity index is 2.32. The lowest BCUT2D eigenvalue weighted by Crippen LogP contribution is -2.40. The fourth-order valence-electron chi connectivity index (χ4n) is 3.52. The third-order valence-corrected chi connectivity index (χ3v) is 4.58. The molecule has 1 heterocycles. The van der Waals surface area contributed by atoms with Crippen LogP contribution in [-0.2, 0) is 9.53 Å². The minimum atomic E-state index is -1.11. The minimum absolute atomic E-state index is 0.242. The normalized spacial score (nSPS) is 20.4. The van der Waals surface area contributed by atoms with Gasteiger partial charge in [0.05, 0.1) is 24.3 Å². The molecule has 0 fully saturated rings. The molecule has 0 saturated carbocycles. The molecule has 2 aromatic rings. The van der Waals surface area contributed by atoms with Crippen LogP contribution < -0.4 is 0 Å². The van der Waals surface area contributed by atoms with E-state index in [9.17, 15) is 14.9 Å². The lowest BCUT2D eigenvalue weighted by Gasteiger charge is -2.28. The predicted molar refractivity (Wildman–Crippen MR) is 95.3 cm³/mol. The van der Waals surface area contributed by atoms with Crippen LogP contribution in [0.1, 0.15) is 25.3 Å². The Kier molecular flexibility index (Phi) is 4.35. The predicted octanol–water partition coefficient (Wildman–Crippen LogP) is 3.49. The maximum atomic E-state index is 12.4. The van der Waals surface area contributed by atoms with Crippen molar-refractivity contribution in [1.29, 1.82) is 0 Å². The van der Waals surface area contributed by atoms with Crippen LogP contribution in [0, 0.1) is 10.1 Å². The Hall–Kier alpha value is -3.02. The molecule has 6 nitrogen and oxygen atoms in total. The third kappa shape index (κ3) is 2.80. The van der Waals surface area contributed by atoms with Gasteiger partial charge in [-0.25, -0.2) is 4.79 Å². The molecule has 2 atom stereocenters. The summed E-state index contributed by atoms with van der Waals surface area (Å²) in [6.45, 7) is 3.31. The number of nitro groups is 1. The molecular formula is C19H18N2O4. The molecule has 2 unspecified atom stereocenters. The summed E-state index contributed by atoms with van der Waals surface area (Å²) in [6.07, 6.45) is 0. The number of carbonyl (C=O) groups is 1. The second kappa shape index (κ2) is 6.47. The summed E-state index contributed by atoms with van der Waals surface area (Å²) in [7, 11) is 1.27. The van der Waals surface area contributed by atoms with Crippen LogP contribution in [0.4, 0.5) is 0 Å². The first kappa shape index (κ1) is 16.8. The number of methoxy groups -OCH3 is 1. The number of aliphatic imine (C=N–C) groups is 1. The largest absolute Gasteiger partial charge is 0.466 e. The van der Waals surface area contributed by atoms with E-state index in [0.717, 1.165) is 16.3 Å². The number of benzene rings is 2. The Morgan fingerprint density at radius 2 is 1.84 bits per heavy atom. The van der Waals surface area contributed by atoms with Crippen molar-refractivity contribution < 1.29 is 14.5 Å². The van der Waals surface area contributed by atoms with Crippen molar-refractivity contribution in [2.24, 2.45) is 4.99 Å². The van der Waals surface area contributed by atoms with E-state index in [-0.39, 0.29) is 10.5 Å². The van der Waals surface area contributed by atoms with Crippen LogP contribution in [0.5, 0.6) is 0 Å². The fourth-order valence-corrected chi connectivity index (χ4v) is 3.52. The summed E-state index contributed by atoms with van der Waals surface area (Å²) in [5.41, 5.74) is 1.81. The van der Waals surface area contributed by atoms with Crippen LogP contribution in [0.25, 0.3) is 10.8 Å². The van der Waals surface area contributed by atoms with E-state index in [1.165, 1.54) is 7.11 Å². The van der Waals surface area contributed by atoms with E-state index in [4.69, 9.17) is 4.74 Å². The molecule has 0 N–H and O–H groups in total. The Labute approximate surface area is 145 Å². The molecule has 1 aliphatic rings. The zero-order valence-electron chi connectivity index (χ0n) is 14.2. The van der Waals surface area contributed by atoms with Gasteiger partial charge in [0, 0.05) is 10.6 Å². The number of esters is 1. The maximum Gasteiger partial charge on any atom is 0.336 e. The zero-order valence-corrected chi connectivity index (χ0v) is 14.2. The highest BCUT2D eigenvalue weighted by Gasteiger charge is 2.45. The second-order valence-electron chi connectivity index (χ2n) is 6.02. The van der Waals surface area contributed by atoms with Gasteiger partial charge in [0.2, 0.25) is 0 Å². The smallest absolute Gasteiger partial charge is 0.336 e. The van der Waals surface area contributed by atoms with E-state index in [1.54, 1.807) is 13.8 Å². The van der Waals surface area contributed by atoms with Gasteiger partial charge in [-0.2, -0.15) is 0 Å². The molecule has 2 aromatic carbocycles. The maximum absolute atomic E-state index is 12.4. The topological polar surface area (TPSA) is 81.8 Å². The average molecular weight is 338 g/mol. The van der Waals surface area contributed by atoms with Gasteiger partial charge in [0.15, 0.2) is 0 Å². The van der Waals surface area contributed by atoms with E-state index < -0.39 is 17.9 Å². The molecule has 6 heteroatoms. The fraction of sp³-hybridized carbons (Fsp3) is 0.263. The highest BCUT2D eigenvalue weighted by atomic mass is 16.6. The molecule has 3 rings (SSSR count). The molecule has 0 bridgehead atoms. The van der Waals surface area contributed by atoms with Crippen LogP contribution in [0.3, 0.4) is 0 Å². The van der Waals surface area contributed by atoms with E-state index in [0.29, 0.717) is 11.4 Å². The van der Waals surface area contributed by atoms with Crippen LogP contribution in [0.15, 0.2) is 58.7 Å². The zero-order chi connectivity index (χ0) is 18.1. The highest BCUT2D eigenvalue weighted by molar-refractivity contribution is 6.00. The molecule has 0 radical (unpaired) electrons. The molecule has 0 aromatic heterocycles. The summed E-state index contributed by atoms with van der Waals surface area (Å²) >= 11 is 0. The lowest BCUT2D eigenvalue weighted by atomic mass is 9.78. The quantitative estimate of drug-likeness (QED) is 0.487. The molecule has 0 spiro atoms.